The van der Waals surface area contributed by atoms with Gasteiger partial charge in [0.05, 0.1) is 12.3 Å². The van der Waals surface area contributed by atoms with Crippen molar-refractivity contribution in [3.8, 4) is 16.9 Å². The first-order chi connectivity index (χ1) is 12.7. The second-order valence-electron chi connectivity index (χ2n) is 5.77. The van der Waals surface area contributed by atoms with Gasteiger partial charge in [-0.1, -0.05) is 18.2 Å². The molecule has 26 heavy (non-hydrogen) atoms. The van der Waals surface area contributed by atoms with Crippen molar-refractivity contribution in [1.29, 1.82) is 0 Å². The molecule has 0 aliphatic heterocycles. The summed E-state index contributed by atoms with van der Waals surface area (Å²) in [5.74, 6) is -0.177. The number of rotatable bonds is 6. The molecular weight excluding hydrogens is 328 g/mol. The third-order valence-electron chi connectivity index (χ3n) is 3.92. The molecule has 132 valence electrons. The van der Waals surface area contributed by atoms with E-state index in [9.17, 15) is 4.79 Å². The molecule has 0 unspecified atom stereocenters. The highest BCUT2D eigenvalue weighted by atomic mass is 16.3. The maximum Gasteiger partial charge on any atom is 0.246 e. The number of aromatic nitrogens is 3. The number of carbonyl (C=O) groups excluding carboxylic acids is 1. The molecule has 0 aliphatic rings. The van der Waals surface area contributed by atoms with Gasteiger partial charge >= 0.3 is 0 Å². The Morgan fingerprint density at radius 1 is 1.23 bits per heavy atom. The van der Waals surface area contributed by atoms with Crippen LogP contribution in [0.3, 0.4) is 0 Å². The Morgan fingerprint density at radius 3 is 2.73 bits per heavy atom. The zero-order valence-electron chi connectivity index (χ0n) is 14.5. The summed E-state index contributed by atoms with van der Waals surface area (Å²) < 4.78 is 1.78. The molecule has 3 aromatic rings. The largest absolute Gasteiger partial charge is 0.395 e. The van der Waals surface area contributed by atoms with Crippen LogP contribution in [0.1, 0.15) is 5.56 Å². The lowest BCUT2D eigenvalue weighted by molar-refractivity contribution is -0.125. The van der Waals surface area contributed by atoms with E-state index in [4.69, 9.17) is 5.11 Å². The first kappa shape index (κ1) is 17.6. The van der Waals surface area contributed by atoms with Gasteiger partial charge in [0.1, 0.15) is 5.69 Å². The monoisotopic (exact) mass is 348 g/mol. The third-order valence-corrected chi connectivity index (χ3v) is 3.92. The average Bonchev–Trinajstić information content (AvgIpc) is 3.12. The van der Waals surface area contributed by atoms with Crippen LogP contribution < -0.4 is 0 Å². The molecule has 2 heterocycles. The van der Waals surface area contributed by atoms with Gasteiger partial charge in [-0.3, -0.25) is 9.78 Å². The summed E-state index contributed by atoms with van der Waals surface area (Å²) in [6.07, 6.45) is 8.57. The van der Waals surface area contributed by atoms with Crippen LogP contribution in [0.15, 0.2) is 67.1 Å². The van der Waals surface area contributed by atoms with Crippen LogP contribution in [0, 0.1) is 0 Å². The van der Waals surface area contributed by atoms with Gasteiger partial charge in [-0.2, -0.15) is 5.10 Å². The van der Waals surface area contributed by atoms with E-state index in [0.29, 0.717) is 6.54 Å². The van der Waals surface area contributed by atoms with Crippen LogP contribution in [0.4, 0.5) is 0 Å². The lowest BCUT2D eigenvalue weighted by Gasteiger charge is -2.12. The highest BCUT2D eigenvalue weighted by molar-refractivity contribution is 5.92. The number of aliphatic hydroxyl groups is 1. The maximum atomic E-state index is 12.1. The zero-order valence-corrected chi connectivity index (χ0v) is 14.5. The molecule has 1 aromatic carbocycles. The molecule has 0 bridgehead atoms. The first-order valence-electron chi connectivity index (χ1n) is 8.28. The molecule has 0 spiro atoms. The van der Waals surface area contributed by atoms with Gasteiger partial charge in [0.25, 0.3) is 0 Å². The van der Waals surface area contributed by atoms with Gasteiger partial charge in [0.15, 0.2) is 0 Å². The lowest BCUT2D eigenvalue weighted by Crippen LogP contribution is -2.27. The predicted octanol–water partition coefficient (Wildman–Crippen LogP) is 2.40. The van der Waals surface area contributed by atoms with Crippen LogP contribution in [0.5, 0.6) is 0 Å². The van der Waals surface area contributed by atoms with Gasteiger partial charge < -0.3 is 10.0 Å². The predicted molar refractivity (Wildman–Crippen MR) is 101 cm³/mol. The van der Waals surface area contributed by atoms with Crippen molar-refractivity contribution in [2.45, 2.75) is 0 Å². The minimum Gasteiger partial charge on any atom is -0.395 e. The third kappa shape index (κ3) is 4.04. The molecular formula is C20H20N4O2. The quantitative estimate of drug-likeness (QED) is 0.695. The molecule has 0 radical (unpaired) electrons. The van der Waals surface area contributed by atoms with Crippen LogP contribution in [0.25, 0.3) is 23.0 Å². The average molecular weight is 348 g/mol. The number of hydrogen-bond donors (Lipinski definition) is 1. The Morgan fingerprint density at radius 2 is 2.04 bits per heavy atom. The minimum absolute atomic E-state index is 0.0665. The van der Waals surface area contributed by atoms with Crippen molar-refractivity contribution in [1.82, 2.24) is 19.7 Å². The topological polar surface area (TPSA) is 71.2 Å². The fraction of sp³-hybridized carbons (Fsp3) is 0.150. The van der Waals surface area contributed by atoms with E-state index in [1.807, 2.05) is 48.7 Å². The Kier molecular flexibility index (Phi) is 5.56. The van der Waals surface area contributed by atoms with Gasteiger partial charge in [-0.05, 0) is 30.3 Å². The summed E-state index contributed by atoms with van der Waals surface area (Å²) in [5, 5.41) is 13.6. The summed E-state index contributed by atoms with van der Waals surface area (Å²) in [4.78, 5) is 17.7. The number of pyridine rings is 1. The standard InChI is InChI=1S/C20H20N4O2/c1-23(12-13-25)19(26)10-9-17-15-24(18-7-3-2-4-8-18)22-20(17)16-6-5-11-21-14-16/h2-11,14-15,25H,12-13H2,1H3/b10-9+. The summed E-state index contributed by atoms with van der Waals surface area (Å²) in [5.41, 5.74) is 3.36. The van der Waals surface area contributed by atoms with Crippen LogP contribution >= 0.6 is 0 Å². The second-order valence-corrected chi connectivity index (χ2v) is 5.77. The molecule has 0 fully saturated rings. The number of benzene rings is 1. The number of para-hydroxylation sites is 1. The Labute approximate surface area is 152 Å². The molecule has 0 aliphatic carbocycles. The van der Waals surface area contributed by atoms with E-state index in [1.165, 1.54) is 11.0 Å². The van der Waals surface area contributed by atoms with E-state index in [0.717, 1.165) is 22.5 Å². The Hall–Kier alpha value is -3.25. The van der Waals surface area contributed by atoms with Gasteiger partial charge in [0, 0.05) is 49.4 Å². The van der Waals surface area contributed by atoms with E-state index >= 15 is 0 Å². The molecule has 0 atom stereocenters. The van der Waals surface area contributed by atoms with E-state index < -0.39 is 0 Å². The highest BCUT2D eigenvalue weighted by Crippen LogP contribution is 2.24. The molecule has 0 saturated carbocycles. The van der Waals surface area contributed by atoms with Crippen molar-refractivity contribution in [2.24, 2.45) is 0 Å². The zero-order chi connectivity index (χ0) is 18.4. The molecule has 1 N–H and O–H groups in total. The van der Waals surface area contributed by atoms with Crippen molar-refractivity contribution >= 4 is 12.0 Å². The molecule has 0 saturated heterocycles. The molecule has 2 aromatic heterocycles. The lowest BCUT2D eigenvalue weighted by atomic mass is 10.1. The number of nitrogens with zero attached hydrogens (tertiary/aromatic N) is 4. The number of amides is 1. The number of carbonyl (C=O) groups is 1. The number of aliphatic hydroxyl groups excluding tert-OH is 1. The van der Waals surface area contributed by atoms with Crippen molar-refractivity contribution < 1.29 is 9.90 Å². The number of hydrogen-bond acceptors (Lipinski definition) is 4. The molecule has 1 amide bonds. The van der Waals surface area contributed by atoms with E-state index in [2.05, 4.69) is 10.1 Å². The first-order valence-corrected chi connectivity index (χ1v) is 8.28. The Balaban J connectivity index is 1.97. The van der Waals surface area contributed by atoms with Crippen molar-refractivity contribution in [3.05, 3.63) is 72.7 Å². The summed E-state index contributed by atoms with van der Waals surface area (Å²) >= 11 is 0. The normalized spacial score (nSPS) is 11.0. The highest BCUT2D eigenvalue weighted by Gasteiger charge is 2.11. The van der Waals surface area contributed by atoms with Crippen LogP contribution in [-0.2, 0) is 4.79 Å². The van der Waals surface area contributed by atoms with Crippen LogP contribution in [0.2, 0.25) is 0 Å². The summed E-state index contributed by atoms with van der Waals surface area (Å²) in [7, 11) is 1.65. The fourth-order valence-electron chi connectivity index (χ4n) is 2.50. The number of likely N-dealkylation sites (N-methyl/N-ethyl adjacent to an activating group) is 1. The smallest absolute Gasteiger partial charge is 0.246 e. The summed E-state index contributed by atoms with van der Waals surface area (Å²) in [6, 6.07) is 13.6. The fourth-order valence-corrected chi connectivity index (χ4v) is 2.50. The molecule has 6 nitrogen and oxygen atoms in total. The second kappa shape index (κ2) is 8.22. The molecule has 6 heteroatoms. The Bertz CT molecular complexity index is 889. The van der Waals surface area contributed by atoms with Gasteiger partial charge in [0.2, 0.25) is 5.91 Å². The van der Waals surface area contributed by atoms with Crippen molar-refractivity contribution in [2.75, 3.05) is 20.2 Å². The van der Waals surface area contributed by atoms with Gasteiger partial charge in [-0.25, -0.2) is 4.68 Å². The van der Waals surface area contributed by atoms with Crippen molar-refractivity contribution in [3.63, 3.8) is 0 Å². The molecule has 3 rings (SSSR count). The SMILES string of the molecule is CN(CCO)C(=O)/C=C/c1cn(-c2ccccc2)nc1-c1cccnc1. The van der Waals surface area contributed by atoms with Crippen LogP contribution in [-0.4, -0.2) is 50.9 Å². The van der Waals surface area contributed by atoms with Gasteiger partial charge in [-0.15, -0.1) is 0 Å². The van der Waals surface area contributed by atoms with E-state index in [-0.39, 0.29) is 12.5 Å². The minimum atomic E-state index is -0.177. The van der Waals surface area contributed by atoms with E-state index in [1.54, 1.807) is 30.2 Å². The summed E-state index contributed by atoms with van der Waals surface area (Å²) in [6.45, 7) is 0.227. The maximum absolute atomic E-state index is 12.1.